The monoisotopic (exact) mass is 544 g/mol. The van der Waals surface area contributed by atoms with Gasteiger partial charge in [-0.05, 0) is 54.4 Å². The summed E-state index contributed by atoms with van der Waals surface area (Å²) >= 11 is 0. The lowest BCUT2D eigenvalue weighted by atomic mass is 9.73. The van der Waals surface area contributed by atoms with Gasteiger partial charge in [0.05, 0.1) is 33.6 Å². The lowest BCUT2D eigenvalue weighted by Crippen LogP contribution is -2.46. The number of anilines is 1. The smallest absolute Gasteiger partial charge is 0.387 e. The minimum Gasteiger partial charge on any atom is -0.387 e. The molecule has 38 heavy (non-hydrogen) atoms. The number of amidine groups is 1. The Morgan fingerprint density at radius 3 is 2.16 bits per heavy atom. The van der Waals surface area contributed by atoms with Gasteiger partial charge in [0.2, 0.25) is 0 Å². The van der Waals surface area contributed by atoms with Crippen LogP contribution in [0.2, 0.25) is 0 Å². The van der Waals surface area contributed by atoms with Gasteiger partial charge in [0.1, 0.15) is 5.82 Å². The van der Waals surface area contributed by atoms with Crippen molar-refractivity contribution in [2.45, 2.75) is 50.4 Å². The molecule has 1 fully saturated rings. The van der Waals surface area contributed by atoms with E-state index >= 15 is 8.78 Å². The molecule has 1 saturated heterocycles. The van der Waals surface area contributed by atoms with Crippen LogP contribution in [0.25, 0.3) is 10.9 Å². The Morgan fingerprint density at radius 1 is 0.974 bits per heavy atom. The number of alkyl halides is 8. The average Bonchev–Trinajstić information content (AvgIpc) is 3.30. The van der Waals surface area contributed by atoms with Crippen molar-refractivity contribution in [3.63, 3.8) is 0 Å². The lowest BCUT2D eigenvalue weighted by molar-refractivity contribution is -0.143. The number of fused-ring (bicyclic) bond motifs is 1. The molecule has 1 aliphatic rings. The molecule has 1 atom stereocenters. The Labute approximate surface area is 213 Å². The van der Waals surface area contributed by atoms with E-state index in [1.54, 1.807) is 30.3 Å². The van der Waals surface area contributed by atoms with Crippen LogP contribution in [0, 0.1) is 0 Å². The number of hydrogen-bond donors (Lipinski definition) is 1. The molecule has 12 heteroatoms. The van der Waals surface area contributed by atoms with Crippen molar-refractivity contribution >= 4 is 28.2 Å². The zero-order valence-corrected chi connectivity index (χ0v) is 20.4. The number of pyridine rings is 1. The molecule has 0 saturated carbocycles. The molecule has 2 heterocycles. The van der Waals surface area contributed by atoms with Gasteiger partial charge in [0.25, 0.3) is 5.92 Å². The van der Waals surface area contributed by atoms with Crippen LogP contribution in [0.1, 0.15) is 43.4 Å². The zero-order valence-electron chi connectivity index (χ0n) is 20.4. The van der Waals surface area contributed by atoms with Gasteiger partial charge in [-0.3, -0.25) is 0 Å². The molecule has 1 aliphatic heterocycles. The molecular formula is C26H24F8N4. The predicted octanol–water partition coefficient (Wildman–Crippen LogP) is 7.47. The summed E-state index contributed by atoms with van der Waals surface area (Å²) in [6, 6.07) is 9.07. The number of aromatic nitrogens is 1. The Bertz CT molecular complexity index is 1340. The number of benzene rings is 2. The van der Waals surface area contributed by atoms with Crippen LogP contribution < -0.4 is 10.6 Å². The topological polar surface area (TPSA) is 54.5 Å². The Hall–Kier alpha value is -3.44. The Morgan fingerprint density at radius 2 is 1.61 bits per heavy atom. The fourth-order valence-corrected chi connectivity index (χ4v) is 4.72. The quantitative estimate of drug-likeness (QED) is 0.206. The Balaban J connectivity index is 1.79. The minimum absolute atomic E-state index is 0.0554. The molecule has 0 spiro atoms. The summed E-state index contributed by atoms with van der Waals surface area (Å²) < 4.78 is 111. The van der Waals surface area contributed by atoms with Gasteiger partial charge >= 0.3 is 12.4 Å². The summed E-state index contributed by atoms with van der Waals surface area (Å²) in [4.78, 5) is 10.3. The summed E-state index contributed by atoms with van der Waals surface area (Å²) in [7, 11) is 0. The maximum Gasteiger partial charge on any atom is 0.416 e. The van der Waals surface area contributed by atoms with E-state index in [4.69, 9.17) is 5.73 Å². The van der Waals surface area contributed by atoms with Crippen molar-refractivity contribution < 1.29 is 35.1 Å². The van der Waals surface area contributed by atoms with E-state index in [1.165, 1.54) is 4.90 Å². The molecule has 4 rings (SSSR count). The highest BCUT2D eigenvalue weighted by molar-refractivity contribution is 5.94. The summed E-state index contributed by atoms with van der Waals surface area (Å²) in [5, 5.41) is 0.645. The third kappa shape index (κ3) is 5.12. The first-order chi connectivity index (χ1) is 17.5. The molecule has 4 nitrogen and oxygen atoms in total. The van der Waals surface area contributed by atoms with Gasteiger partial charge in [-0.1, -0.05) is 13.0 Å². The van der Waals surface area contributed by atoms with Crippen LogP contribution in [0.15, 0.2) is 53.5 Å². The van der Waals surface area contributed by atoms with Crippen LogP contribution in [0.4, 0.5) is 46.6 Å². The normalized spacial score (nSPS) is 19.4. The standard InChI is InChI=1S/C26H24F8N4/c1-3-21(35)36-19-5-4-6-20-18(19)7-8-22(37-20)38-10-9-24(14-38,23(2,27)28)15-11-16(25(29,30)31)13-17(12-15)26(32,33)34/h4-8,11-13H,3,9-10,14H2,1-2H3,(H2,35,36). The van der Waals surface area contributed by atoms with Crippen molar-refractivity contribution in [3.05, 3.63) is 65.2 Å². The van der Waals surface area contributed by atoms with E-state index in [0.29, 0.717) is 47.9 Å². The SMILES string of the molecule is CCC(N)=Nc1cccc2nc(N3CCC(c4cc(C(F)(F)F)cc(C(F)(F)F)c4)(C(C)(F)F)C3)ccc12. The summed E-state index contributed by atoms with van der Waals surface area (Å²) in [6.07, 6.45) is -10.2. The molecule has 2 N–H and O–H groups in total. The van der Waals surface area contributed by atoms with Gasteiger partial charge in [0, 0.05) is 31.8 Å². The zero-order chi connectivity index (χ0) is 28.1. The van der Waals surface area contributed by atoms with Gasteiger partial charge in [-0.25, -0.2) is 18.8 Å². The van der Waals surface area contributed by atoms with Crippen molar-refractivity contribution in [2.24, 2.45) is 10.7 Å². The van der Waals surface area contributed by atoms with Crippen LogP contribution in [-0.2, 0) is 17.8 Å². The third-order valence-corrected chi connectivity index (χ3v) is 6.89. The van der Waals surface area contributed by atoms with Crippen LogP contribution in [0.3, 0.4) is 0 Å². The fourth-order valence-electron chi connectivity index (χ4n) is 4.72. The van der Waals surface area contributed by atoms with Gasteiger partial charge in [-0.2, -0.15) is 26.3 Å². The largest absolute Gasteiger partial charge is 0.416 e. The number of halogens is 8. The van der Waals surface area contributed by atoms with Crippen LogP contribution in [0.5, 0.6) is 0 Å². The van der Waals surface area contributed by atoms with E-state index in [2.05, 4.69) is 9.98 Å². The average molecular weight is 544 g/mol. The van der Waals surface area contributed by atoms with Gasteiger partial charge < -0.3 is 10.6 Å². The molecule has 0 aliphatic carbocycles. The first kappa shape index (κ1) is 27.6. The molecule has 3 aromatic rings. The second kappa shape index (κ2) is 9.39. The fraction of sp³-hybridized carbons (Fsp3) is 0.385. The van der Waals surface area contributed by atoms with Crippen molar-refractivity contribution in [1.82, 2.24) is 4.98 Å². The summed E-state index contributed by atoms with van der Waals surface area (Å²) in [6.45, 7) is 1.76. The minimum atomic E-state index is -5.15. The third-order valence-electron chi connectivity index (χ3n) is 6.89. The highest BCUT2D eigenvalue weighted by Gasteiger charge is 2.56. The number of nitrogens with zero attached hydrogens (tertiary/aromatic N) is 3. The van der Waals surface area contributed by atoms with Crippen molar-refractivity contribution in [2.75, 3.05) is 18.0 Å². The van der Waals surface area contributed by atoms with E-state index in [0.717, 1.165) is 0 Å². The second-order valence-corrected chi connectivity index (χ2v) is 9.41. The maximum absolute atomic E-state index is 15.1. The van der Waals surface area contributed by atoms with E-state index in [1.807, 2.05) is 6.92 Å². The predicted molar refractivity (Wildman–Crippen MR) is 129 cm³/mol. The summed E-state index contributed by atoms with van der Waals surface area (Å²) in [5.74, 6) is -2.99. The first-order valence-corrected chi connectivity index (χ1v) is 11.7. The number of nitrogens with two attached hydrogens (primary N) is 1. The van der Waals surface area contributed by atoms with Crippen molar-refractivity contribution in [3.8, 4) is 0 Å². The molecule has 1 unspecified atom stereocenters. The summed E-state index contributed by atoms with van der Waals surface area (Å²) in [5.41, 5.74) is 0.574. The molecule has 2 aromatic carbocycles. The van der Waals surface area contributed by atoms with E-state index < -0.39 is 46.9 Å². The second-order valence-electron chi connectivity index (χ2n) is 9.41. The highest BCUT2D eigenvalue weighted by atomic mass is 19.4. The molecule has 0 amide bonds. The van der Waals surface area contributed by atoms with Gasteiger partial charge in [-0.15, -0.1) is 0 Å². The van der Waals surface area contributed by atoms with Gasteiger partial charge in [0.15, 0.2) is 0 Å². The maximum atomic E-state index is 15.1. The Kier molecular flexibility index (Phi) is 6.82. The van der Waals surface area contributed by atoms with E-state index in [-0.39, 0.29) is 24.8 Å². The van der Waals surface area contributed by atoms with Crippen molar-refractivity contribution in [1.29, 1.82) is 0 Å². The molecule has 0 radical (unpaired) electrons. The molecule has 0 bridgehead atoms. The molecule has 1 aromatic heterocycles. The number of hydrogen-bond acceptors (Lipinski definition) is 3. The highest BCUT2D eigenvalue weighted by Crippen LogP contribution is 2.49. The molecule has 204 valence electrons. The van der Waals surface area contributed by atoms with Crippen LogP contribution in [-0.4, -0.2) is 29.8 Å². The number of aliphatic imine (C=N–C) groups is 1. The van der Waals surface area contributed by atoms with E-state index in [9.17, 15) is 26.3 Å². The first-order valence-electron chi connectivity index (χ1n) is 11.7. The number of rotatable bonds is 5. The molecular weight excluding hydrogens is 520 g/mol. The van der Waals surface area contributed by atoms with Crippen LogP contribution >= 0.6 is 0 Å². The lowest BCUT2D eigenvalue weighted by Gasteiger charge is -2.36.